The molecule has 0 aliphatic heterocycles. The second kappa shape index (κ2) is 36.3. The predicted octanol–water partition coefficient (Wildman–Crippen LogP) is 3.07. The zero-order chi connectivity index (χ0) is 68.4. The number of ketones is 2. The van der Waals surface area contributed by atoms with E-state index in [-0.39, 0.29) is 77.1 Å². The first-order valence-electron chi connectivity index (χ1n) is 28.9. The average Bonchev–Trinajstić information content (AvgIpc) is 0.801. The molecule has 1 aliphatic rings. The number of aliphatic carboxylic acids is 3. The Hall–Kier alpha value is -9.93. The van der Waals surface area contributed by atoms with Gasteiger partial charge in [0.05, 0.1) is 66.6 Å². The monoisotopic (exact) mass is 1350 g/mol. The maximum absolute atomic E-state index is 13.4. The fraction of sp³-hybridized carbons (Fsp3) is 0.317. The quantitative estimate of drug-likeness (QED) is 0.0139. The molecule has 0 unspecified atom stereocenters. The minimum absolute atomic E-state index is 0.00939. The molecule has 94 heavy (non-hydrogen) atoms. The standard InChI is InChI=1S/C22H28N4O6.C20H22N8O5.C13H18Cl2N2O2.C5H4N4S/c27-11-9-23-5-7-25-13-1-2-14(26-8-6-24-10-12-28)18-17(13)21(31)19-15(29)3-4-16(30)20(19)22(18)32;1-28(9-11-8-23-17-15(24-11)16(21)26-20(22)27-17)12-4-2-10(3-5-12)18(31)25-13(19(32)33)6-7-14(29)30;14-5-7-17(8-6-15)11-3-1-10(2-4-11)9-12(16)13(18)19;10-5-3-4(7-1-6-3)8-2-9-5/h1-4,23-30H,5-12H2;2-5,8,13H,6-7,9H2,1H3,(H,25,31)(H,29,30)(H,32,33)(H4,21,22,23,26,27);1-4,12H,5-9,16H2,(H,18,19);1-2H,(H2,6,7,8,9,10)/t;13-;12-;/m.00./s1. The van der Waals surface area contributed by atoms with Gasteiger partial charge in [0.15, 0.2) is 27.3 Å². The summed E-state index contributed by atoms with van der Waals surface area (Å²) in [5.74, 6) is -4.70. The van der Waals surface area contributed by atoms with Gasteiger partial charge in [-0.15, -0.1) is 23.2 Å². The number of nitrogen functional groups attached to an aromatic ring is 2. The molecule has 34 heteroatoms. The van der Waals surface area contributed by atoms with E-state index in [2.05, 4.69) is 71.4 Å². The van der Waals surface area contributed by atoms with Crippen molar-refractivity contribution in [3.05, 3.63) is 135 Å². The number of carbonyl (C=O) groups excluding carboxylic acids is 3. The lowest BCUT2D eigenvalue weighted by Gasteiger charge is -2.25. The number of nitrogens with two attached hydrogens (primary N) is 3. The second-order valence-corrected chi connectivity index (χ2v) is 21.6. The lowest BCUT2D eigenvalue weighted by Crippen LogP contribution is -2.41. The number of aliphatic hydroxyl groups is 2. The van der Waals surface area contributed by atoms with Crippen LogP contribution in [0.25, 0.3) is 22.3 Å². The minimum atomic E-state index is -1.30. The van der Waals surface area contributed by atoms with Crippen molar-refractivity contribution in [3.8, 4) is 11.5 Å². The van der Waals surface area contributed by atoms with Gasteiger partial charge < -0.3 is 99.3 Å². The molecule has 2 atom stereocenters. The molecule has 1 amide bonds. The Morgan fingerprint density at radius 2 is 1.24 bits per heavy atom. The third-order valence-corrected chi connectivity index (χ3v) is 14.5. The number of aromatic nitrogens is 8. The number of hydrogen-bond donors (Lipinski definition) is 17. The summed E-state index contributed by atoms with van der Waals surface area (Å²) in [4.78, 5) is 106. The number of benzene rings is 4. The number of carboxylic acid groups (broad SMARTS) is 3. The molecule has 20 N–H and O–H groups in total. The number of imidazole rings is 1. The van der Waals surface area contributed by atoms with E-state index >= 15 is 0 Å². The van der Waals surface area contributed by atoms with Crippen LogP contribution in [0.1, 0.15) is 66.3 Å². The third kappa shape index (κ3) is 20.5. The molecule has 9 rings (SSSR count). The van der Waals surface area contributed by atoms with Crippen LogP contribution >= 0.6 is 35.4 Å². The topological polar surface area (TPSA) is 498 Å². The highest BCUT2D eigenvalue weighted by Gasteiger charge is 2.38. The Bertz CT molecular complexity index is 3880. The fourth-order valence-electron chi connectivity index (χ4n) is 9.21. The number of phenolic OH excluding ortho intramolecular Hbond substituents is 2. The number of anilines is 6. The largest absolute Gasteiger partial charge is 0.507 e. The molecular weight excluding hydrogens is 1280 g/mol. The number of alkyl halides is 2. The number of carboxylic acids is 3. The number of nitrogens with one attached hydrogen (secondary N) is 7. The minimum Gasteiger partial charge on any atom is -0.507 e. The van der Waals surface area contributed by atoms with E-state index in [1.54, 1.807) is 36.8 Å². The first-order valence-corrected chi connectivity index (χ1v) is 30.4. The van der Waals surface area contributed by atoms with Crippen molar-refractivity contribution in [1.29, 1.82) is 0 Å². The number of fused-ring (bicyclic) bond motifs is 4. The highest BCUT2D eigenvalue weighted by Crippen LogP contribution is 2.42. The summed E-state index contributed by atoms with van der Waals surface area (Å²) in [6.07, 6.45) is 4.40. The van der Waals surface area contributed by atoms with E-state index < -0.39 is 47.5 Å². The van der Waals surface area contributed by atoms with E-state index in [9.17, 15) is 44.1 Å². The summed E-state index contributed by atoms with van der Waals surface area (Å²) < 4.78 is 0.547. The van der Waals surface area contributed by atoms with Crippen LogP contribution in [0.5, 0.6) is 11.5 Å². The smallest absolute Gasteiger partial charge is 0.326 e. The fourth-order valence-corrected chi connectivity index (χ4v) is 9.82. The van der Waals surface area contributed by atoms with Gasteiger partial charge in [0.25, 0.3) is 5.91 Å². The zero-order valence-corrected chi connectivity index (χ0v) is 53.0. The Morgan fingerprint density at radius 1 is 0.681 bits per heavy atom. The summed E-state index contributed by atoms with van der Waals surface area (Å²) in [5, 5.41) is 79.6. The van der Waals surface area contributed by atoms with Crippen molar-refractivity contribution >= 4 is 128 Å². The second-order valence-electron chi connectivity index (χ2n) is 20.4. The number of aromatic hydroxyl groups is 2. The molecule has 1 aliphatic carbocycles. The molecule has 0 bridgehead atoms. The molecule has 500 valence electrons. The summed E-state index contributed by atoms with van der Waals surface area (Å²) in [7, 11) is 1.82. The number of phenols is 2. The number of hydrogen-bond acceptors (Lipinski definition) is 26. The van der Waals surface area contributed by atoms with Crippen LogP contribution < -0.4 is 53.6 Å². The zero-order valence-electron chi connectivity index (χ0n) is 50.7. The van der Waals surface area contributed by atoms with E-state index in [0.29, 0.717) is 96.9 Å². The van der Waals surface area contributed by atoms with E-state index in [0.717, 1.165) is 41.2 Å². The van der Waals surface area contributed by atoms with Crippen molar-refractivity contribution < 1.29 is 64.5 Å². The summed E-state index contributed by atoms with van der Waals surface area (Å²) in [5.41, 5.74) is 23.3. The van der Waals surface area contributed by atoms with Crippen LogP contribution in [0.2, 0.25) is 0 Å². The van der Waals surface area contributed by atoms with E-state index in [1.807, 2.05) is 36.2 Å². The normalized spacial score (nSPS) is 11.9. The van der Waals surface area contributed by atoms with E-state index in [4.69, 9.17) is 73.0 Å². The molecule has 8 aromatic rings. The summed E-state index contributed by atoms with van der Waals surface area (Å²) in [6.45, 7) is 4.63. The Labute approximate surface area is 552 Å². The van der Waals surface area contributed by atoms with Gasteiger partial charge in [-0.1, -0.05) is 24.4 Å². The van der Waals surface area contributed by atoms with Crippen molar-refractivity contribution in [2.45, 2.75) is 37.9 Å². The maximum atomic E-state index is 13.4. The first kappa shape index (κ1) is 73.1. The van der Waals surface area contributed by atoms with Crippen LogP contribution in [0.15, 0.2) is 91.6 Å². The summed E-state index contributed by atoms with van der Waals surface area (Å²) in [6, 6.07) is 17.7. The molecule has 31 nitrogen and oxygen atoms in total. The Kier molecular flexibility index (Phi) is 28.3. The highest BCUT2D eigenvalue weighted by atomic mass is 35.5. The van der Waals surface area contributed by atoms with Crippen molar-refractivity contribution in [2.24, 2.45) is 5.73 Å². The van der Waals surface area contributed by atoms with Crippen molar-refractivity contribution in [1.82, 2.24) is 55.8 Å². The number of rotatable bonds is 29. The molecular formula is C60H72Cl2N18O13S. The van der Waals surface area contributed by atoms with Crippen molar-refractivity contribution in [2.75, 3.05) is 116 Å². The van der Waals surface area contributed by atoms with Crippen LogP contribution in [0.3, 0.4) is 0 Å². The molecule has 4 heterocycles. The van der Waals surface area contributed by atoms with Gasteiger partial charge in [-0.25, -0.2) is 24.7 Å². The van der Waals surface area contributed by atoms with Crippen molar-refractivity contribution in [3.63, 3.8) is 0 Å². The lowest BCUT2D eigenvalue weighted by atomic mass is 9.81. The number of halogens is 2. The van der Waals surface area contributed by atoms with Gasteiger partial charge in [0.1, 0.15) is 29.1 Å². The van der Waals surface area contributed by atoms with Crippen LogP contribution in [0, 0.1) is 4.64 Å². The van der Waals surface area contributed by atoms with Gasteiger partial charge in [0.2, 0.25) is 17.5 Å². The number of aliphatic hydroxyl groups excluding tert-OH is 2. The molecule has 0 saturated heterocycles. The van der Waals surface area contributed by atoms with Crippen LogP contribution in [-0.2, 0) is 27.3 Å². The molecule has 4 aromatic heterocycles. The SMILES string of the molecule is CN(Cc1cnc2nc(N)nc(N)c2n1)c1ccc(C(=O)N[C@@H](CCC(=O)O)C(=O)O)cc1.N[C@@H](Cc1ccc(N(CCCl)CCCl)cc1)C(=O)O.O=C1c2c(O)ccc(O)c2C(=O)c2c(NCCNCCO)ccc(NCCNCCO)c21.S=c1nc[nH]c2nc[nH]c12. The van der Waals surface area contributed by atoms with Crippen LogP contribution in [0.4, 0.5) is 34.5 Å². The van der Waals surface area contributed by atoms with Gasteiger partial charge in [-0.2, -0.15) is 9.97 Å². The molecule has 0 radical (unpaired) electrons. The lowest BCUT2D eigenvalue weighted by molar-refractivity contribution is -0.141. The number of aromatic amines is 2. The number of carbonyl (C=O) groups is 6. The Balaban J connectivity index is 0.000000213. The predicted molar refractivity (Wildman–Crippen MR) is 357 cm³/mol. The van der Waals surface area contributed by atoms with Gasteiger partial charge >= 0.3 is 17.9 Å². The average molecular weight is 1360 g/mol. The molecule has 0 spiro atoms. The number of H-pyrrole nitrogens is 2. The van der Waals surface area contributed by atoms with E-state index in [1.165, 1.54) is 30.6 Å². The summed E-state index contributed by atoms with van der Waals surface area (Å²) >= 11 is 16.4. The third-order valence-electron chi connectivity index (χ3n) is 13.8. The van der Waals surface area contributed by atoms with Gasteiger partial charge in [-0.3, -0.25) is 24.0 Å². The highest BCUT2D eigenvalue weighted by molar-refractivity contribution is 7.71. The molecule has 0 fully saturated rings. The Morgan fingerprint density at radius 3 is 1.77 bits per heavy atom. The van der Waals surface area contributed by atoms with Crippen LogP contribution in [-0.4, -0.2) is 207 Å². The molecule has 0 saturated carbocycles. The maximum Gasteiger partial charge on any atom is 0.326 e. The van der Waals surface area contributed by atoms with Gasteiger partial charge in [0, 0.05) is 106 Å². The number of nitrogens with zero attached hydrogens (tertiary/aromatic N) is 8. The number of amides is 1. The van der Waals surface area contributed by atoms with Gasteiger partial charge in [-0.05, 0) is 79.1 Å². The molecule has 4 aromatic carbocycles. The first-order chi connectivity index (χ1) is 45.1.